The summed E-state index contributed by atoms with van der Waals surface area (Å²) < 4.78 is 28.0. The number of hydrogen-bond acceptors (Lipinski definition) is 3. The highest BCUT2D eigenvalue weighted by molar-refractivity contribution is 7.89. The van der Waals surface area contributed by atoms with Crippen molar-refractivity contribution in [2.45, 2.75) is 50.1 Å². The summed E-state index contributed by atoms with van der Waals surface area (Å²) in [5, 5.41) is 4.78. The quantitative estimate of drug-likeness (QED) is 0.622. The number of rotatable bonds is 6. The zero-order valence-electron chi connectivity index (χ0n) is 17.9. The molecule has 4 rings (SSSR count). The summed E-state index contributed by atoms with van der Waals surface area (Å²) in [6.45, 7) is 5.02. The SMILES string of the molecule is CC(C)c1ccc(CNC(=O)C2CCCN2S(=O)(=O)c2ccc3ccccc3c2)cc1. The third-order valence-corrected chi connectivity index (χ3v) is 7.85. The number of benzene rings is 3. The fourth-order valence-corrected chi connectivity index (χ4v) is 5.77. The number of sulfonamides is 1. The van der Waals surface area contributed by atoms with Gasteiger partial charge in [-0.15, -0.1) is 0 Å². The maximum atomic E-state index is 13.3. The van der Waals surface area contributed by atoms with Gasteiger partial charge in [0.2, 0.25) is 15.9 Å². The van der Waals surface area contributed by atoms with E-state index in [1.807, 2.05) is 42.5 Å². The Morgan fingerprint density at radius 1 is 1.03 bits per heavy atom. The minimum absolute atomic E-state index is 0.232. The number of fused-ring (bicyclic) bond motifs is 1. The molecule has 1 heterocycles. The predicted octanol–water partition coefficient (Wildman–Crippen LogP) is 4.43. The van der Waals surface area contributed by atoms with Crippen molar-refractivity contribution in [3.8, 4) is 0 Å². The first kappa shape index (κ1) is 21.5. The van der Waals surface area contributed by atoms with Crippen LogP contribution in [0.5, 0.6) is 0 Å². The van der Waals surface area contributed by atoms with Gasteiger partial charge in [-0.1, -0.05) is 68.4 Å². The number of nitrogens with zero attached hydrogens (tertiary/aromatic N) is 1. The molecule has 3 aromatic carbocycles. The molecule has 1 fully saturated rings. The van der Waals surface area contributed by atoms with E-state index in [-0.39, 0.29) is 10.8 Å². The summed E-state index contributed by atoms with van der Waals surface area (Å²) in [7, 11) is -3.75. The zero-order chi connectivity index (χ0) is 22.0. The minimum Gasteiger partial charge on any atom is -0.351 e. The van der Waals surface area contributed by atoms with Gasteiger partial charge < -0.3 is 5.32 Å². The van der Waals surface area contributed by atoms with Gasteiger partial charge >= 0.3 is 0 Å². The van der Waals surface area contributed by atoms with Gasteiger partial charge in [0, 0.05) is 13.1 Å². The molecule has 0 radical (unpaired) electrons. The average Bonchev–Trinajstić information content (AvgIpc) is 3.28. The van der Waals surface area contributed by atoms with Gasteiger partial charge in [0.25, 0.3) is 0 Å². The summed E-state index contributed by atoms with van der Waals surface area (Å²) >= 11 is 0. The molecule has 1 unspecified atom stereocenters. The smallest absolute Gasteiger partial charge is 0.243 e. The van der Waals surface area contributed by atoms with Crippen LogP contribution in [0.25, 0.3) is 10.8 Å². The number of nitrogens with one attached hydrogen (secondary N) is 1. The number of carbonyl (C=O) groups excluding carboxylic acids is 1. The van der Waals surface area contributed by atoms with E-state index >= 15 is 0 Å². The zero-order valence-corrected chi connectivity index (χ0v) is 18.7. The summed E-state index contributed by atoms with van der Waals surface area (Å²) in [5.74, 6) is 0.214. The van der Waals surface area contributed by atoms with Gasteiger partial charge in [0.1, 0.15) is 6.04 Å². The second-order valence-electron chi connectivity index (χ2n) is 8.40. The van der Waals surface area contributed by atoms with Gasteiger partial charge in [-0.2, -0.15) is 4.31 Å². The molecule has 1 N–H and O–H groups in total. The molecule has 1 atom stereocenters. The van der Waals surface area contributed by atoms with Gasteiger partial charge in [-0.25, -0.2) is 8.42 Å². The van der Waals surface area contributed by atoms with E-state index < -0.39 is 16.1 Å². The third-order valence-electron chi connectivity index (χ3n) is 5.95. The van der Waals surface area contributed by atoms with E-state index in [2.05, 4.69) is 31.3 Å². The van der Waals surface area contributed by atoms with E-state index in [1.165, 1.54) is 9.87 Å². The molecule has 0 aromatic heterocycles. The maximum Gasteiger partial charge on any atom is 0.243 e. The van der Waals surface area contributed by atoms with Crippen LogP contribution in [0.2, 0.25) is 0 Å². The minimum atomic E-state index is -3.75. The first-order valence-electron chi connectivity index (χ1n) is 10.7. The van der Waals surface area contributed by atoms with Crippen LogP contribution in [0.1, 0.15) is 43.7 Å². The molecule has 162 valence electrons. The second kappa shape index (κ2) is 8.81. The highest BCUT2D eigenvalue weighted by Crippen LogP contribution is 2.28. The van der Waals surface area contributed by atoms with Crippen molar-refractivity contribution >= 4 is 26.7 Å². The molecule has 0 spiro atoms. The van der Waals surface area contributed by atoms with Crippen molar-refractivity contribution in [2.75, 3.05) is 6.54 Å². The summed E-state index contributed by atoms with van der Waals surface area (Å²) in [5.41, 5.74) is 2.25. The predicted molar refractivity (Wildman–Crippen MR) is 123 cm³/mol. The molecule has 6 heteroatoms. The molecule has 3 aromatic rings. The molecule has 1 aliphatic rings. The van der Waals surface area contributed by atoms with E-state index in [0.29, 0.717) is 31.8 Å². The molecule has 5 nitrogen and oxygen atoms in total. The molecule has 0 bridgehead atoms. The van der Waals surface area contributed by atoms with Gasteiger partial charge in [0.15, 0.2) is 0 Å². The average molecular weight is 437 g/mol. The Hall–Kier alpha value is -2.70. The van der Waals surface area contributed by atoms with E-state index in [0.717, 1.165) is 16.3 Å². The molecule has 0 aliphatic carbocycles. The summed E-state index contributed by atoms with van der Waals surface area (Å²) in [4.78, 5) is 13.1. The third kappa shape index (κ3) is 4.50. The Morgan fingerprint density at radius 2 is 1.74 bits per heavy atom. The molecule has 0 saturated carbocycles. The molecular weight excluding hydrogens is 408 g/mol. The van der Waals surface area contributed by atoms with Crippen molar-refractivity contribution in [2.24, 2.45) is 0 Å². The molecular formula is C25H28N2O3S. The lowest BCUT2D eigenvalue weighted by Crippen LogP contribution is -2.45. The maximum absolute atomic E-state index is 13.3. The first-order valence-corrected chi connectivity index (χ1v) is 12.2. The van der Waals surface area contributed by atoms with E-state index in [1.54, 1.807) is 12.1 Å². The Morgan fingerprint density at radius 3 is 2.45 bits per heavy atom. The number of amides is 1. The first-order chi connectivity index (χ1) is 14.9. The van der Waals surface area contributed by atoms with E-state index in [4.69, 9.17) is 0 Å². The van der Waals surface area contributed by atoms with Crippen LogP contribution in [0.4, 0.5) is 0 Å². The Labute approximate surface area is 184 Å². The Kier molecular flexibility index (Phi) is 6.12. The molecule has 31 heavy (non-hydrogen) atoms. The standard InChI is InChI=1S/C25H28N2O3S/c1-18(2)20-11-9-19(10-12-20)17-26-25(28)24-8-5-15-27(24)31(29,30)23-14-13-21-6-3-4-7-22(21)16-23/h3-4,6-7,9-14,16,18,24H,5,8,15,17H2,1-2H3,(H,26,28). The number of carbonyl (C=O) groups is 1. The van der Waals surface area contributed by atoms with Crippen molar-refractivity contribution in [3.63, 3.8) is 0 Å². The van der Waals surface area contributed by atoms with Crippen LogP contribution in [0.15, 0.2) is 71.6 Å². The van der Waals surface area contributed by atoms with E-state index in [9.17, 15) is 13.2 Å². The highest BCUT2D eigenvalue weighted by Gasteiger charge is 2.39. The molecule has 1 amide bonds. The van der Waals surface area contributed by atoms with Gasteiger partial charge in [0.05, 0.1) is 4.90 Å². The van der Waals surface area contributed by atoms with Crippen LogP contribution in [0.3, 0.4) is 0 Å². The van der Waals surface area contributed by atoms with Crippen molar-refractivity contribution in [3.05, 3.63) is 77.9 Å². The summed E-state index contributed by atoms with van der Waals surface area (Å²) in [6, 6.07) is 20.3. The van der Waals surface area contributed by atoms with Gasteiger partial charge in [-0.3, -0.25) is 4.79 Å². The van der Waals surface area contributed by atoms with Crippen LogP contribution >= 0.6 is 0 Å². The largest absolute Gasteiger partial charge is 0.351 e. The van der Waals surface area contributed by atoms with Crippen LogP contribution in [-0.4, -0.2) is 31.2 Å². The van der Waals surface area contributed by atoms with Crippen molar-refractivity contribution in [1.29, 1.82) is 0 Å². The van der Waals surface area contributed by atoms with Crippen LogP contribution in [0, 0.1) is 0 Å². The lowest BCUT2D eigenvalue weighted by molar-refractivity contribution is -0.124. The second-order valence-corrected chi connectivity index (χ2v) is 10.3. The monoisotopic (exact) mass is 436 g/mol. The lowest BCUT2D eigenvalue weighted by atomic mass is 10.0. The topological polar surface area (TPSA) is 66.5 Å². The molecule has 1 aliphatic heterocycles. The highest BCUT2D eigenvalue weighted by atomic mass is 32.2. The van der Waals surface area contributed by atoms with Crippen molar-refractivity contribution in [1.82, 2.24) is 9.62 Å². The Balaban J connectivity index is 1.48. The van der Waals surface area contributed by atoms with Crippen molar-refractivity contribution < 1.29 is 13.2 Å². The normalized spacial score (nSPS) is 17.3. The molecule has 1 saturated heterocycles. The van der Waals surface area contributed by atoms with Gasteiger partial charge in [-0.05, 0) is 52.8 Å². The van der Waals surface area contributed by atoms with Crippen LogP contribution < -0.4 is 5.32 Å². The summed E-state index contributed by atoms with van der Waals surface area (Å²) in [6.07, 6.45) is 1.21. The van der Waals surface area contributed by atoms with Crippen LogP contribution in [-0.2, 0) is 21.4 Å². The Bertz CT molecular complexity index is 1190. The fourth-order valence-electron chi connectivity index (χ4n) is 4.08. The lowest BCUT2D eigenvalue weighted by Gasteiger charge is -2.23. The number of hydrogen-bond donors (Lipinski definition) is 1. The fraction of sp³-hybridized carbons (Fsp3) is 0.320.